The SMILES string of the molecule is O=CNC(CC(=O)NC(Cc1ccccc1)C(=O)O)C(=O)O. The molecule has 8 heteroatoms. The summed E-state index contributed by atoms with van der Waals surface area (Å²) in [6, 6.07) is 6.12. The van der Waals surface area contributed by atoms with Crippen molar-refractivity contribution in [2.45, 2.75) is 24.9 Å². The molecule has 4 N–H and O–H groups in total. The highest BCUT2D eigenvalue weighted by Crippen LogP contribution is 2.04. The molecule has 0 fully saturated rings. The maximum atomic E-state index is 11.7. The minimum Gasteiger partial charge on any atom is -0.480 e. The standard InChI is InChI=1S/C14H16N2O6/c17-8-15-10(13(19)20)7-12(18)16-11(14(21)22)6-9-4-2-1-3-5-9/h1-5,8,10-11H,6-7H2,(H,15,17)(H,16,18)(H,19,20)(H,21,22). The Hall–Kier alpha value is -2.90. The van der Waals surface area contributed by atoms with Gasteiger partial charge < -0.3 is 20.8 Å². The maximum Gasteiger partial charge on any atom is 0.326 e. The topological polar surface area (TPSA) is 133 Å². The fraction of sp³-hybridized carbons (Fsp3) is 0.286. The third kappa shape index (κ3) is 5.61. The van der Waals surface area contributed by atoms with Gasteiger partial charge in [-0.2, -0.15) is 0 Å². The van der Waals surface area contributed by atoms with Crippen LogP contribution in [0.2, 0.25) is 0 Å². The van der Waals surface area contributed by atoms with E-state index in [1.807, 2.05) is 5.32 Å². The Bertz CT molecular complexity index is 546. The summed E-state index contributed by atoms with van der Waals surface area (Å²) in [4.78, 5) is 44.0. The summed E-state index contributed by atoms with van der Waals surface area (Å²) in [5.74, 6) is -3.38. The van der Waals surface area contributed by atoms with Crippen LogP contribution in [-0.4, -0.2) is 46.6 Å². The predicted molar refractivity (Wildman–Crippen MR) is 75.0 cm³/mol. The van der Waals surface area contributed by atoms with Gasteiger partial charge in [-0.15, -0.1) is 0 Å². The normalized spacial score (nSPS) is 12.7. The summed E-state index contributed by atoms with van der Waals surface area (Å²) in [7, 11) is 0. The molecule has 8 nitrogen and oxygen atoms in total. The number of amides is 2. The second-order valence-electron chi connectivity index (χ2n) is 4.53. The van der Waals surface area contributed by atoms with E-state index in [0.717, 1.165) is 5.56 Å². The monoisotopic (exact) mass is 308 g/mol. The molecule has 0 heterocycles. The Morgan fingerprint density at radius 3 is 2.14 bits per heavy atom. The minimum absolute atomic E-state index is 0.0702. The zero-order chi connectivity index (χ0) is 16.5. The molecule has 1 aromatic rings. The molecule has 2 amide bonds. The molecular formula is C14H16N2O6. The van der Waals surface area contributed by atoms with E-state index in [2.05, 4.69) is 5.32 Å². The van der Waals surface area contributed by atoms with Gasteiger partial charge in [-0.25, -0.2) is 9.59 Å². The zero-order valence-electron chi connectivity index (χ0n) is 11.6. The van der Waals surface area contributed by atoms with Crippen LogP contribution in [0.4, 0.5) is 0 Å². The van der Waals surface area contributed by atoms with Crippen LogP contribution < -0.4 is 10.6 Å². The first kappa shape index (κ1) is 17.2. The summed E-state index contributed by atoms with van der Waals surface area (Å²) >= 11 is 0. The van der Waals surface area contributed by atoms with E-state index in [-0.39, 0.29) is 12.8 Å². The van der Waals surface area contributed by atoms with Crippen LogP contribution in [0.3, 0.4) is 0 Å². The molecule has 1 aromatic carbocycles. The van der Waals surface area contributed by atoms with E-state index >= 15 is 0 Å². The number of rotatable bonds is 9. The molecule has 0 aromatic heterocycles. The van der Waals surface area contributed by atoms with Gasteiger partial charge >= 0.3 is 11.9 Å². The number of aliphatic carboxylic acids is 2. The molecule has 0 aliphatic carbocycles. The lowest BCUT2D eigenvalue weighted by Gasteiger charge is -2.16. The molecular weight excluding hydrogens is 292 g/mol. The summed E-state index contributed by atoms with van der Waals surface area (Å²) in [6.45, 7) is 0. The molecule has 2 unspecified atom stereocenters. The smallest absolute Gasteiger partial charge is 0.326 e. The van der Waals surface area contributed by atoms with Crippen LogP contribution in [0.25, 0.3) is 0 Å². The van der Waals surface area contributed by atoms with E-state index in [1.54, 1.807) is 30.3 Å². The first-order valence-electron chi connectivity index (χ1n) is 6.42. The van der Waals surface area contributed by atoms with Gasteiger partial charge in [-0.05, 0) is 5.56 Å². The summed E-state index contributed by atoms with van der Waals surface area (Å²) in [5, 5.41) is 22.2. The van der Waals surface area contributed by atoms with Crippen molar-refractivity contribution in [1.29, 1.82) is 0 Å². The predicted octanol–water partition coefficient (Wildman–Crippen LogP) is -0.612. The number of hydrogen-bond donors (Lipinski definition) is 4. The van der Waals surface area contributed by atoms with Gasteiger partial charge in [0.15, 0.2) is 0 Å². The molecule has 0 aliphatic heterocycles. The molecule has 0 saturated carbocycles. The highest BCUT2D eigenvalue weighted by atomic mass is 16.4. The Kier molecular flexibility index (Phi) is 6.55. The van der Waals surface area contributed by atoms with Crippen LogP contribution in [0.15, 0.2) is 30.3 Å². The maximum absolute atomic E-state index is 11.7. The Morgan fingerprint density at radius 2 is 1.64 bits per heavy atom. The van der Waals surface area contributed by atoms with Crippen molar-refractivity contribution < 1.29 is 29.4 Å². The largest absolute Gasteiger partial charge is 0.480 e. The van der Waals surface area contributed by atoms with Crippen molar-refractivity contribution in [1.82, 2.24) is 10.6 Å². The Labute approximate surface area is 126 Å². The lowest BCUT2D eigenvalue weighted by Crippen LogP contribution is -2.46. The van der Waals surface area contributed by atoms with E-state index in [4.69, 9.17) is 10.2 Å². The lowest BCUT2D eigenvalue weighted by atomic mass is 10.1. The second kappa shape index (κ2) is 8.40. The summed E-state index contributed by atoms with van der Waals surface area (Å²) < 4.78 is 0. The number of benzene rings is 1. The van der Waals surface area contributed by atoms with Crippen molar-refractivity contribution in [3.8, 4) is 0 Å². The van der Waals surface area contributed by atoms with Crippen LogP contribution in [0.5, 0.6) is 0 Å². The number of carbonyl (C=O) groups is 4. The highest BCUT2D eigenvalue weighted by molar-refractivity contribution is 5.88. The van der Waals surface area contributed by atoms with Crippen molar-refractivity contribution in [3.05, 3.63) is 35.9 Å². The van der Waals surface area contributed by atoms with E-state index in [9.17, 15) is 19.2 Å². The third-order valence-corrected chi connectivity index (χ3v) is 2.87. The van der Waals surface area contributed by atoms with E-state index in [1.165, 1.54) is 0 Å². The highest BCUT2D eigenvalue weighted by Gasteiger charge is 2.25. The van der Waals surface area contributed by atoms with Gasteiger partial charge in [0.05, 0.1) is 6.42 Å². The van der Waals surface area contributed by atoms with Gasteiger partial charge in [0.2, 0.25) is 12.3 Å². The average Bonchev–Trinajstić information content (AvgIpc) is 2.47. The fourth-order valence-electron chi connectivity index (χ4n) is 1.79. The Balaban J connectivity index is 2.66. The minimum atomic E-state index is -1.40. The van der Waals surface area contributed by atoms with Crippen molar-refractivity contribution in [2.75, 3.05) is 0 Å². The first-order valence-corrected chi connectivity index (χ1v) is 6.42. The molecule has 118 valence electrons. The number of carbonyl (C=O) groups excluding carboxylic acids is 2. The number of carboxylic acids is 2. The summed E-state index contributed by atoms with van der Waals surface area (Å²) in [6.07, 6.45) is -0.307. The molecule has 0 radical (unpaired) electrons. The van der Waals surface area contributed by atoms with Crippen LogP contribution in [0.1, 0.15) is 12.0 Å². The van der Waals surface area contributed by atoms with Crippen LogP contribution >= 0.6 is 0 Å². The molecule has 0 aliphatic rings. The molecule has 2 atom stereocenters. The van der Waals surface area contributed by atoms with Crippen molar-refractivity contribution in [3.63, 3.8) is 0 Å². The number of nitrogens with one attached hydrogen (secondary N) is 2. The zero-order valence-corrected chi connectivity index (χ0v) is 11.6. The van der Waals surface area contributed by atoms with E-state index < -0.39 is 36.4 Å². The molecule has 1 rings (SSSR count). The van der Waals surface area contributed by atoms with Gasteiger partial charge in [0.1, 0.15) is 12.1 Å². The van der Waals surface area contributed by atoms with Crippen molar-refractivity contribution in [2.24, 2.45) is 0 Å². The van der Waals surface area contributed by atoms with Crippen LogP contribution in [0, 0.1) is 0 Å². The fourth-order valence-corrected chi connectivity index (χ4v) is 1.79. The quantitative estimate of drug-likeness (QED) is 0.450. The lowest BCUT2D eigenvalue weighted by molar-refractivity contribution is -0.143. The second-order valence-corrected chi connectivity index (χ2v) is 4.53. The third-order valence-electron chi connectivity index (χ3n) is 2.87. The molecule has 22 heavy (non-hydrogen) atoms. The van der Waals surface area contributed by atoms with E-state index in [0.29, 0.717) is 0 Å². The Morgan fingerprint density at radius 1 is 1.05 bits per heavy atom. The van der Waals surface area contributed by atoms with Gasteiger partial charge in [0, 0.05) is 6.42 Å². The number of hydrogen-bond acceptors (Lipinski definition) is 4. The molecule has 0 spiro atoms. The van der Waals surface area contributed by atoms with Gasteiger partial charge in [-0.3, -0.25) is 9.59 Å². The van der Waals surface area contributed by atoms with Crippen LogP contribution in [-0.2, 0) is 25.6 Å². The van der Waals surface area contributed by atoms with Crippen molar-refractivity contribution >= 4 is 24.3 Å². The molecule has 0 bridgehead atoms. The summed E-state index contributed by atoms with van der Waals surface area (Å²) in [5.41, 5.74) is 0.719. The van der Waals surface area contributed by atoms with Gasteiger partial charge in [0.25, 0.3) is 0 Å². The molecule has 0 saturated heterocycles. The average molecular weight is 308 g/mol. The van der Waals surface area contributed by atoms with Gasteiger partial charge in [-0.1, -0.05) is 30.3 Å². The first-order chi connectivity index (χ1) is 10.4. The number of carboxylic acid groups (broad SMARTS) is 2.